The fraction of sp³-hybridized carbons (Fsp3) is 0.412. The van der Waals surface area contributed by atoms with Gasteiger partial charge in [-0.1, -0.05) is 73.5 Å². The minimum atomic E-state index is -2.40. The Labute approximate surface area is 694 Å². The summed E-state index contributed by atoms with van der Waals surface area (Å²) in [4.78, 5) is 133. The topological polar surface area (TPSA) is 569 Å². The number of primary amides is 1. The molecule has 8 amide bonds. The fourth-order valence-electron chi connectivity index (χ4n) is 14.3. The molecule has 11 bridgehead atoms. The number of aliphatic hydroxyl groups is 6. The average Bonchev–Trinajstić information content (AvgIpc) is 0.764. The number of carboxylic acids is 1. The summed E-state index contributed by atoms with van der Waals surface area (Å²) in [6.45, 7) is 9.41. The molecule has 638 valence electrons. The smallest absolute Gasteiger partial charge is 0.326 e. The molecule has 119 heavy (non-hydrogen) atoms. The van der Waals surface area contributed by atoms with Crippen LogP contribution in [0.4, 0.5) is 0 Å². The summed E-state index contributed by atoms with van der Waals surface area (Å²) in [7, 11) is 0. The third-order valence-electron chi connectivity index (χ3n) is 20.8. The molecule has 0 aliphatic carbocycles. The Morgan fingerprint density at radius 2 is 1.39 bits per heavy atom. The molecule has 22 N–H and O–H groups in total. The molecule has 0 spiro atoms. The molecule has 0 aromatic heterocycles. The Balaban J connectivity index is 1.12. The molecule has 7 aliphatic rings. The number of hydrogen-bond donors (Lipinski definition) is 20. The molecule has 19 atom stereocenters. The maximum absolute atomic E-state index is 16.3. The predicted molar refractivity (Wildman–Crippen MR) is 424 cm³/mol. The van der Waals surface area contributed by atoms with E-state index in [1.54, 1.807) is 38.3 Å². The number of aliphatic hydroxyl groups excluding tert-OH is 6. The Morgan fingerprint density at radius 3 is 2.03 bits per heavy atom. The number of halogens is 2. The van der Waals surface area contributed by atoms with E-state index in [9.17, 15) is 75.0 Å². The summed E-state index contributed by atoms with van der Waals surface area (Å²) in [5.74, 6) is -17.4. The maximum Gasteiger partial charge on any atom is 0.326 e. The van der Waals surface area contributed by atoms with Gasteiger partial charge in [0.15, 0.2) is 23.9 Å². The number of nitrogens with two attached hydrogens (primary N) is 2. The van der Waals surface area contributed by atoms with Gasteiger partial charge in [-0.3, -0.25) is 38.4 Å². The van der Waals surface area contributed by atoms with Gasteiger partial charge in [0.1, 0.15) is 107 Å². The normalized spacial score (nSPS) is 26.9. The summed E-state index contributed by atoms with van der Waals surface area (Å²) < 4.78 is 45.3. The van der Waals surface area contributed by atoms with E-state index in [0.29, 0.717) is 24.5 Å². The van der Waals surface area contributed by atoms with Gasteiger partial charge in [-0.15, -0.1) is 6.58 Å². The summed E-state index contributed by atoms with van der Waals surface area (Å²) in [5, 5.41) is 136. The van der Waals surface area contributed by atoms with Crippen molar-refractivity contribution in [2.45, 2.75) is 175 Å². The molecule has 2 fully saturated rings. The molecule has 6 aromatic rings. The number of ether oxygens (including phenoxy) is 7. The zero-order chi connectivity index (χ0) is 86.3. The second-order valence-electron chi connectivity index (χ2n) is 29.7. The van der Waals surface area contributed by atoms with Crippen molar-refractivity contribution >= 4 is 88.2 Å². The first-order valence-electron chi connectivity index (χ1n) is 37.6. The van der Waals surface area contributed by atoms with Crippen LogP contribution in [0.1, 0.15) is 117 Å². The van der Waals surface area contributed by atoms with Crippen LogP contribution in [0.25, 0.3) is 11.1 Å². The van der Waals surface area contributed by atoms with Gasteiger partial charge in [0, 0.05) is 35.7 Å². The largest absolute Gasteiger partial charge is 0.508 e. The highest BCUT2D eigenvalue weighted by molar-refractivity contribution is 7.98. The van der Waals surface area contributed by atoms with Gasteiger partial charge in [-0.05, 0) is 145 Å². The lowest BCUT2D eigenvalue weighted by Crippen LogP contribution is -2.65. The van der Waals surface area contributed by atoms with Crippen LogP contribution >= 0.6 is 35.0 Å². The third kappa shape index (κ3) is 20.3. The Hall–Kier alpha value is -10.6. The fourth-order valence-corrected chi connectivity index (χ4v) is 15.2. The highest BCUT2D eigenvalue weighted by Gasteiger charge is 2.52. The molecule has 0 saturated carbocycles. The second kappa shape index (κ2) is 38.2. The molecular formula is C80H92Cl2N10O26S. The Kier molecular flexibility index (Phi) is 28.6. The number of hydrogen-bond acceptors (Lipinski definition) is 28. The number of benzene rings is 6. The lowest BCUT2D eigenvalue weighted by atomic mass is 9.84. The van der Waals surface area contributed by atoms with Gasteiger partial charge in [-0.2, -0.15) is 11.8 Å². The van der Waals surface area contributed by atoms with E-state index >= 15 is 19.2 Å². The van der Waals surface area contributed by atoms with E-state index in [1.807, 2.05) is 12.1 Å². The van der Waals surface area contributed by atoms with E-state index < -0.39 is 260 Å². The molecule has 13 rings (SSSR count). The predicted octanol–water partition coefficient (Wildman–Crippen LogP) is 2.48. The summed E-state index contributed by atoms with van der Waals surface area (Å²) in [6, 6.07) is 4.25. The molecule has 7 heterocycles. The van der Waals surface area contributed by atoms with Crippen LogP contribution in [0, 0.1) is 5.92 Å². The van der Waals surface area contributed by atoms with Crippen molar-refractivity contribution in [2.75, 3.05) is 25.2 Å². The van der Waals surface area contributed by atoms with E-state index in [4.69, 9.17) is 67.8 Å². The van der Waals surface area contributed by atoms with E-state index in [2.05, 4.69) is 49.1 Å². The number of fused-ring (bicyclic) bond motifs is 15. The van der Waals surface area contributed by atoms with Crippen molar-refractivity contribution in [3.05, 3.63) is 159 Å². The number of carboxylic acid groups (broad SMARTS) is 1. The lowest BCUT2D eigenvalue weighted by Gasteiger charge is -2.48. The van der Waals surface area contributed by atoms with E-state index in [-0.39, 0.29) is 41.8 Å². The van der Waals surface area contributed by atoms with Crippen LogP contribution in [-0.2, 0) is 63.9 Å². The van der Waals surface area contributed by atoms with Crippen molar-refractivity contribution in [1.29, 1.82) is 0 Å². The zero-order valence-corrected chi connectivity index (χ0v) is 66.9. The Morgan fingerprint density at radius 1 is 0.748 bits per heavy atom. The molecule has 2 saturated heterocycles. The number of nitrogens with one attached hydrogen (secondary N) is 8. The van der Waals surface area contributed by atoms with Crippen LogP contribution in [0.2, 0.25) is 10.0 Å². The van der Waals surface area contributed by atoms with Crippen molar-refractivity contribution in [1.82, 2.24) is 42.5 Å². The minimum absolute atomic E-state index is 0.0596. The SMILES string of the molecule is C=CCCOc1cccc(CN[C@@]2(C)C[C@H](O[C@H]3[C@H](Oc4c5cc6cc4Oc4ccc(cc4Cl)[C@@H](O)[C@@H](NC(=O)[C@@H](N)CCSC)C(=O)N[C@@H](CC(N)=O)C(=O)N[C@H]6C(=O)N[C@H]4C(=O)N[C@H](C(=O)N[C@H](C(=O)N[C@H](C(=O)O)C(C)C)c6cc(O)cc(O)c6-c6cc4ccc6O)[C@H](O)c4ccc(c(Cl)c4)O5)O[C@H](CO)[C@@H](O)[C@@H]3O)O[C@@H](C)[C@H]2O)c1. The first-order valence-corrected chi connectivity index (χ1v) is 39.8. The van der Waals surface area contributed by atoms with Gasteiger partial charge in [0.2, 0.25) is 59.3 Å². The molecule has 0 unspecified atom stereocenters. The van der Waals surface area contributed by atoms with Gasteiger partial charge in [-0.25, -0.2) is 4.79 Å². The number of aromatic hydroxyl groups is 3. The molecule has 6 aromatic carbocycles. The molecule has 7 aliphatic heterocycles. The first-order chi connectivity index (χ1) is 56.5. The van der Waals surface area contributed by atoms with Crippen molar-refractivity contribution in [3.8, 4) is 62.9 Å². The summed E-state index contributed by atoms with van der Waals surface area (Å²) in [5.41, 5.74) is 8.55. The second-order valence-corrected chi connectivity index (χ2v) is 31.5. The summed E-state index contributed by atoms with van der Waals surface area (Å²) in [6.07, 6.45) is -15.1. The quantitative estimate of drug-likeness (QED) is 0.0324. The highest BCUT2D eigenvalue weighted by Crippen LogP contribution is 2.50. The van der Waals surface area contributed by atoms with Crippen molar-refractivity contribution < 1.29 is 127 Å². The van der Waals surface area contributed by atoms with E-state index in [1.165, 1.54) is 37.7 Å². The number of phenolic OH excluding ortho intramolecular Hbond substituents is 3. The van der Waals surface area contributed by atoms with Crippen LogP contribution in [0.15, 0.2) is 116 Å². The maximum atomic E-state index is 16.3. The molecule has 39 heteroatoms. The third-order valence-corrected chi connectivity index (χ3v) is 22.0. The monoisotopic (exact) mass is 1710 g/mol. The van der Waals surface area contributed by atoms with Crippen molar-refractivity contribution in [2.24, 2.45) is 17.4 Å². The van der Waals surface area contributed by atoms with Crippen LogP contribution < -0.4 is 72.9 Å². The standard InChI is InChI=1S/C80H92Cl2N10O26S/c1-7-8-19-112-41-11-9-10-35(21-41)31-85-80(5)30-56(113-34(4)70(80)102)117-69-67(101)66(100)54(32-93)116-79(69)118-68-52-25-39-26-53(68)115-51-17-14-38(24-45(51)82)65(99)63-77(109)90-61(75(107)87-58(33(2)3)78(110)111)43-27-40(94)28-49(96)57(43)42-22-36(12-15-48(42)95)59(73(105)92-63)89-74(106)60(39)88-72(104)47(29-55(84)97)86-76(108)62(91-71(103)46(83)18-20-119-6)64(98)37-13-16-50(114-52)44(81)23-37/h7,9-17,21-28,33-34,46-47,54,56,58-67,69-70,79,85,93-96,98-102H,1,8,18-20,29-32,83H2,2-6H3,(H2,84,97)(H,86,108)(H,87,107)(H,88,104)(H,89,106)(H,90,109)(H,91,103)(H,92,105)(H,110,111)/t34-,46-,47-,54+,56-,58-,59+,60+,61-,62+,63-,64+,65+,66+,67-,69+,70+,79-,80-/m0/s1. The zero-order valence-electron chi connectivity index (χ0n) is 64.5. The molecular weight excluding hydrogens is 1620 g/mol. The van der Waals surface area contributed by atoms with Gasteiger partial charge in [0.25, 0.3) is 0 Å². The average molecular weight is 1710 g/mol. The molecule has 36 nitrogen and oxygen atoms in total. The number of aliphatic carboxylic acids is 1. The number of carbonyl (C=O) groups is 9. The van der Waals surface area contributed by atoms with Crippen LogP contribution in [0.3, 0.4) is 0 Å². The number of thioether (sulfide) groups is 1. The van der Waals surface area contributed by atoms with Crippen molar-refractivity contribution in [3.63, 3.8) is 0 Å². The number of amides is 8. The van der Waals surface area contributed by atoms with Gasteiger partial charge < -0.3 is 138 Å². The Bertz CT molecular complexity index is 4860. The van der Waals surface area contributed by atoms with E-state index in [0.717, 1.165) is 72.3 Å². The summed E-state index contributed by atoms with van der Waals surface area (Å²) >= 11 is 15.7. The first kappa shape index (κ1) is 89.2. The minimum Gasteiger partial charge on any atom is -0.508 e. The molecule has 0 radical (unpaired) electrons. The highest BCUT2D eigenvalue weighted by atomic mass is 35.5. The number of rotatable bonds is 23. The van der Waals surface area contributed by atoms with Crippen LogP contribution in [-0.4, -0.2) is 214 Å². The lowest BCUT2D eigenvalue weighted by molar-refractivity contribution is -0.334. The van der Waals surface area contributed by atoms with Crippen LogP contribution in [0.5, 0.6) is 51.7 Å². The van der Waals surface area contributed by atoms with Gasteiger partial charge in [0.05, 0.1) is 47.9 Å². The number of carbonyl (C=O) groups excluding carboxylic acids is 8. The van der Waals surface area contributed by atoms with Gasteiger partial charge >= 0.3 is 5.97 Å². The number of phenols is 3.